The maximum atomic E-state index is 12.8. The third-order valence-corrected chi connectivity index (χ3v) is 3.87. The summed E-state index contributed by atoms with van der Waals surface area (Å²) in [5.74, 6) is 0.467. The summed E-state index contributed by atoms with van der Waals surface area (Å²) in [7, 11) is 1.57. The number of nitrogens with zero attached hydrogens (tertiary/aromatic N) is 1. The molecule has 0 aliphatic carbocycles. The minimum Gasteiger partial charge on any atom is -0.497 e. The first-order valence-corrected chi connectivity index (χ1v) is 8.26. The van der Waals surface area contributed by atoms with Crippen molar-refractivity contribution in [3.8, 4) is 5.75 Å². The van der Waals surface area contributed by atoms with Gasteiger partial charge in [-0.25, -0.2) is 0 Å². The van der Waals surface area contributed by atoms with Gasteiger partial charge < -0.3 is 15.0 Å². The summed E-state index contributed by atoms with van der Waals surface area (Å²) < 4.78 is 43.4. The first-order chi connectivity index (χ1) is 12.8. The number of halogens is 3. The second-order valence-corrected chi connectivity index (χ2v) is 5.84. The van der Waals surface area contributed by atoms with Crippen LogP contribution in [0.25, 0.3) is 0 Å². The second-order valence-electron chi connectivity index (χ2n) is 5.84. The van der Waals surface area contributed by atoms with Crippen molar-refractivity contribution < 1.29 is 22.7 Å². The van der Waals surface area contributed by atoms with E-state index in [1.54, 1.807) is 30.2 Å². The van der Waals surface area contributed by atoms with Crippen LogP contribution >= 0.6 is 0 Å². The van der Waals surface area contributed by atoms with E-state index in [0.717, 1.165) is 17.7 Å². The smallest absolute Gasteiger partial charge is 0.416 e. The minimum atomic E-state index is -4.43. The van der Waals surface area contributed by atoms with Crippen molar-refractivity contribution >= 4 is 11.6 Å². The SMILES string of the molecule is C=CCN(Cc1ccc(OC)cc1)C(=O)CNc1cccc(C(F)(F)F)c1. The van der Waals surface area contributed by atoms with Gasteiger partial charge in [0.05, 0.1) is 19.2 Å². The highest BCUT2D eigenvalue weighted by Crippen LogP contribution is 2.30. The van der Waals surface area contributed by atoms with Crippen LogP contribution < -0.4 is 10.1 Å². The summed E-state index contributed by atoms with van der Waals surface area (Å²) in [6.07, 6.45) is -2.82. The Morgan fingerprint density at radius 1 is 1.22 bits per heavy atom. The number of carbonyl (C=O) groups excluding carboxylic acids is 1. The Bertz CT molecular complexity index is 774. The fraction of sp³-hybridized carbons (Fsp3) is 0.250. The highest BCUT2D eigenvalue weighted by Gasteiger charge is 2.30. The Morgan fingerprint density at radius 3 is 2.52 bits per heavy atom. The fourth-order valence-corrected chi connectivity index (χ4v) is 2.46. The van der Waals surface area contributed by atoms with Gasteiger partial charge in [-0.05, 0) is 35.9 Å². The van der Waals surface area contributed by atoms with Crippen molar-refractivity contribution in [2.75, 3.05) is 25.5 Å². The van der Waals surface area contributed by atoms with Crippen LogP contribution in [0, 0.1) is 0 Å². The zero-order chi connectivity index (χ0) is 19.9. The minimum absolute atomic E-state index is 0.120. The van der Waals surface area contributed by atoms with Gasteiger partial charge in [-0.2, -0.15) is 13.2 Å². The van der Waals surface area contributed by atoms with E-state index in [9.17, 15) is 18.0 Å². The number of hydrogen-bond acceptors (Lipinski definition) is 3. The van der Waals surface area contributed by atoms with Crippen LogP contribution in [-0.2, 0) is 17.5 Å². The Labute approximate surface area is 156 Å². The topological polar surface area (TPSA) is 41.6 Å². The van der Waals surface area contributed by atoms with Crippen LogP contribution in [-0.4, -0.2) is 31.0 Å². The predicted molar refractivity (Wildman–Crippen MR) is 98.5 cm³/mol. The number of methoxy groups -OCH3 is 1. The van der Waals surface area contributed by atoms with Gasteiger partial charge in [-0.3, -0.25) is 4.79 Å². The molecule has 2 aromatic carbocycles. The summed E-state index contributed by atoms with van der Waals surface area (Å²) in [5, 5.41) is 2.75. The predicted octanol–water partition coefficient (Wildman–Crippen LogP) is 4.34. The lowest BCUT2D eigenvalue weighted by Gasteiger charge is -2.22. The number of ether oxygens (including phenoxy) is 1. The molecule has 0 saturated carbocycles. The Hall–Kier alpha value is -2.96. The molecule has 27 heavy (non-hydrogen) atoms. The second kappa shape index (κ2) is 9.12. The summed E-state index contributed by atoms with van der Waals surface area (Å²) in [4.78, 5) is 14.0. The van der Waals surface area contributed by atoms with E-state index in [4.69, 9.17) is 4.74 Å². The van der Waals surface area contributed by atoms with Crippen LogP contribution in [0.1, 0.15) is 11.1 Å². The molecule has 0 fully saturated rings. The molecule has 0 atom stereocenters. The maximum Gasteiger partial charge on any atom is 0.416 e. The molecule has 2 aromatic rings. The van der Waals surface area contributed by atoms with Crippen LogP contribution in [0.4, 0.5) is 18.9 Å². The monoisotopic (exact) mass is 378 g/mol. The zero-order valence-electron chi connectivity index (χ0n) is 14.9. The average molecular weight is 378 g/mol. The maximum absolute atomic E-state index is 12.8. The van der Waals surface area contributed by atoms with Crippen molar-refractivity contribution in [1.29, 1.82) is 0 Å². The molecule has 0 bridgehead atoms. The largest absolute Gasteiger partial charge is 0.497 e. The van der Waals surface area contributed by atoms with Crippen LogP contribution in [0.5, 0.6) is 5.75 Å². The molecule has 0 spiro atoms. The summed E-state index contributed by atoms with van der Waals surface area (Å²) >= 11 is 0. The number of benzene rings is 2. The first kappa shape index (κ1) is 20.4. The number of nitrogens with one attached hydrogen (secondary N) is 1. The first-order valence-electron chi connectivity index (χ1n) is 8.26. The molecule has 1 amide bonds. The Morgan fingerprint density at radius 2 is 1.93 bits per heavy atom. The van der Waals surface area contributed by atoms with Gasteiger partial charge in [0, 0.05) is 18.8 Å². The summed E-state index contributed by atoms with van der Waals surface area (Å²) in [6, 6.07) is 12.1. The lowest BCUT2D eigenvalue weighted by Crippen LogP contribution is -2.35. The molecule has 1 N–H and O–H groups in total. The summed E-state index contributed by atoms with van der Waals surface area (Å²) in [5.41, 5.74) is 0.382. The average Bonchev–Trinajstić information content (AvgIpc) is 2.66. The molecule has 0 saturated heterocycles. The van der Waals surface area contributed by atoms with Gasteiger partial charge in [0.1, 0.15) is 5.75 Å². The number of anilines is 1. The highest BCUT2D eigenvalue weighted by atomic mass is 19.4. The van der Waals surface area contributed by atoms with Gasteiger partial charge in [0.15, 0.2) is 0 Å². The van der Waals surface area contributed by atoms with E-state index in [2.05, 4.69) is 11.9 Å². The summed E-state index contributed by atoms with van der Waals surface area (Å²) in [6.45, 7) is 4.22. The van der Waals surface area contributed by atoms with Crippen molar-refractivity contribution in [3.63, 3.8) is 0 Å². The number of hydrogen-bond donors (Lipinski definition) is 1. The normalized spacial score (nSPS) is 11.0. The molecular formula is C20H21F3N2O2. The molecule has 7 heteroatoms. The van der Waals surface area contributed by atoms with E-state index in [-0.39, 0.29) is 18.1 Å². The van der Waals surface area contributed by atoms with Crippen molar-refractivity contribution in [3.05, 3.63) is 72.3 Å². The van der Waals surface area contributed by atoms with Crippen LogP contribution in [0.15, 0.2) is 61.2 Å². The van der Waals surface area contributed by atoms with E-state index in [1.807, 2.05) is 12.1 Å². The third-order valence-electron chi connectivity index (χ3n) is 3.87. The lowest BCUT2D eigenvalue weighted by molar-refractivity contribution is -0.137. The van der Waals surface area contributed by atoms with Gasteiger partial charge >= 0.3 is 6.18 Å². The standard InChI is InChI=1S/C20H21F3N2O2/c1-3-11-25(14-15-7-9-18(27-2)10-8-15)19(26)13-24-17-6-4-5-16(12-17)20(21,22)23/h3-10,12,24H,1,11,13-14H2,2H3. The molecular weight excluding hydrogens is 357 g/mol. The van der Waals surface area contributed by atoms with Gasteiger partial charge in [0.25, 0.3) is 0 Å². The Kier molecular flexibility index (Phi) is 6.87. The number of amides is 1. The third kappa shape index (κ3) is 6.06. The molecule has 0 aliphatic rings. The van der Waals surface area contributed by atoms with E-state index in [1.165, 1.54) is 12.1 Å². The van der Waals surface area contributed by atoms with Crippen molar-refractivity contribution in [2.24, 2.45) is 0 Å². The number of alkyl halides is 3. The Balaban J connectivity index is 2.01. The van der Waals surface area contributed by atoms with Gasteiger partial charge in [-0.1, -0.05) is 24.3 Å². The molecule has 144 valence electrons. The number of rotatable bonds is 8. The molecule has 0 aromatic heterocycles. The fourth-order valence-electron chi connectivity index (χ4n) is 2.46. The quantitative estimate of drug-likeness (QED) is 0.695. The lowest BCUT2D eigenvalue weighted by atomic mass is 10.2. The molecule has 0 heterocycles. The number of carbonyl (C=O) groups is 1. The van der Waals surface area contributed by atoms with Gasteiger partial charge in [0.2, 0.25) is 5.91 Å². The molecule has 0 aliphatic heterocycles. The van der Waals surface area contributed by atoms with Crippen LogP contribution in [0.3, 0.4) is 0 Å². The molecule has 0 unspecified atom stereocenters. The molecule has 0 radical (unpaired) electrons. The van der Waals surface area contributed by atoms with E-state index >= 15 is 0 Å². The van der Waals surface area contributed by atoms with E-state index < -0.39 is 11.7 Å². The van der Waals surface area contributed by atoms with E-state index in [0.29, 0.717) is 18.8 Å². The highest BCUT2D eigenvalue weighted by molar-refractivity contribution is 5.81. The van der Waals surface area contributed by atoms with Crippen LogP contribution in [0.2, 0.25) is 0 Å². The van der Waals surface area contributed by atoms with Gasteiger partial charge in [-0.15, -0.1) is 6.58 Å². The molecule has 4 nitrogen and oxygen atoms in total. The van der Waals surface area contributed by atoms with Crippen molar-refractivity contribution in [1.82, 2.24) is 4.90 Å². The van der Waals surface area contributed by atoms with Crippen molar-refractivity contribution in [2.45, 2.75) is 12.7 Å². The zero-order valence-corrected chi connectivity index (χ0v) is 14.9. The molecule has 2 rings (SSSR count).